The van der Waals surface area contributed by atoms with E-state index in [2.05, 4.69) is 16.4 Å². The summed E-state index contributed by atoms with van der Waals surface area (Å²) in [5.41, 5.74) is 4.55. The van der Waals surface area contributed by atoms with E-state index >= 15 is 0 Å². The van der Waals surface area contributed by atoms with Crippen LogP contribution in [0.5, 0.6) is 0 Å². The van der Waals surface area contributed by atoms with Gasteiger partial charge in [0.25, 0.3) is 0 Å². The Kier molecular flexibility index (Phi) is 2.72. The highest BCUT2D eigenvalue weighted by Crippen LogP contribution is 2.35. The smallest absolute Gasteiger partial charge is 0.224 e. The first-order valence-corrected chi connectivity index (χ1v) is 7.15. The molecule has 4 nitrogen and oxygen atoms in total. The lowest BCUT2D eigenvalue weighted by molar-refractivity contribution is -0.116. The molecule has 3 aromatic rings. The van der Waals surface area contributed by atoms with Gasteiger partial charge in [0.1, 0.15) is 5.65 Å². The van der Waals surface area contributed by atoms with Gasteiger partial charge in [-0.05, 0) is 36.2 Å². The predicted octanol–water partition coefficient (Wildman–Crippen LogP) is 3.54. The van der Waals surface area contributed by atoms with Crippen molar-refractivity contribution in [3.63, 3.8) is 0 Å². The van der Waals surface area contributed by atoms with Gasteiger partial charge in [0, 0.05) is 24.4 Å². The molecule has 0 saturated carbocycles. The number of hydrogen-bond donors (Lipinski definition) is 1. The molecule has 104 valence electrons. The van der Waals surface area contributed by atoms with Crippen LogP contribution in [0.25, 0.3) is 16.9 Å². The highest BCUT2D eigenvalue weighted by Gasteiger charge is 2.19. The van der Waals surface area contributed by atoms with Crippen molar-refractivity contribution in [3.8, 4) is 11.3 Å². The van der Waals surface area contributed by atoms with Crippen molar-refractivity contribution >= 4 is 28.8 Å². The van der Waals surface area contributed by atoms with E-state index in [-0.39, 0.29) is 5.91 Å². The van der Waals surface area contributed by atoms with Gasteiger partial charge in [-0.1, -0.05) is 17.7 Å². The molecule has 0 atom stereocenters. The van der Waals surface area contributed by atoms with Crippen molar-refractivity contribution in [2.24, 2.45) is 0 Å². The van der Waals surface area contributed by atoms with E-state index in [9.17, 15) is 4.79 Å². The summed E-state index contributed by atoms with van der Waals surface area (Å²) in [7, 11) is 0. The highest BCUT2D eigenvalue weighted by atomic mass is 35.5. The normalized spacial score (nSPS) is 14.0. The Labute approximate surface area is 126 Å². The van der Waals surface area contributed by atoms with Crippen molar-refractivity contribution in [1.29, 1.82) is 0 Å². The van der Waals surface area contributed by atoms with E-state index in [1.165, 1.54) is 0 Å². The fourth-order valence-electron chi connectivity index (χ4n) is 2.67. The van der Waals surface area contributed by atoms with E-state index in [1.54, 1.807) is 0 Å². The van der Waals surface area contributed by atoms with E-state index in [4.69, 9.17) is 11.6 Å². The number of anilines is 1. The number of aromatic nitrogens is 2. The van der Waals surface area contributed by atoms with Crippen LogP contribution < -0.4 is 5.32 Å². The number of nitrogens with zero attached hydrogens (tertiary/aromatic N) is 2. The lowest BCUT2D eigenvalue weighted by Gasteiger charge is -2.18. The van der Waals surface area contributed by atoms with Crippen molar-refractivity contribution in [2.75, 3.05) is 5.32 Å². The predicted molar refractivity (Wildman–Crippen MR) is 82.6 cm³/mol. The summed E-state index contributed by atoms with van der Waals surface area (Å²) in [6.07, 6.45) is 5.15. The van der Waals surface area contributed by atoms with E-state index in [0.29, 0.717) is 17.9 Å². The molecule has 0 aliphatic carbocycles. The Bertz CT molecular complexity index is 836. The number of aryl methyl sites for hydroxylation is 1. The average Bonchev–Trinajstić information content (AvgIpc) is 2.92. The molecule has 21 heavy (non-hydrogen) atoms. The number of imidazole rings is 1. The second-order valence-corrected chi connectivity index (χ2v) is 5.54. The number of pyridine rings is 1. The van der Waals surface area contributed by atoms with Crippen LogP contribution in [0.1, 0.15) is 12.0 Å². The van der Waals surface area contributed by atoms with Crippen LogP contribution in [0, 0.1) is 0 Å². The lowest BCUT2D eigenvalue weighted by Crippen LogP contribution is -2.19. The number of carbonyl (C=O) groups excluding carboxylic acids is 1. The molecule has 0 spiro atoms. The number of hydrogen-bond acceptors (Lipinski definition) is 2. The van der Waals surface area contributed by atoms with Crippen molar-refractivity contribution in [2.45, 2.75) is 12.8 Å². The molecule has 0 unspecified atom stereocenters. The summed E-state index contributed by atoms with van der Waals surface area (Å²) in [6.45, 7) is 0. The van der Waals surface area contributed by atoms with E-state index in [1.807, 2.05) is 41.1 Å². The average molecular weight is 298 g/mol. The second kappa shape index (κ2) is 4.60. The topological polar surface area (TPSA) is 46.4 Å². The first-order chi connectivity index (χ1) is 10.2. The quantitative estimate of drug-likeness (QED) is 0.747. The summed E-state index contributed by atoms with van der Waals surface area (Å²) in [4.78, 5) is 16.1. The Morgan fingerprint density at radius 3 is 3.00 bits per heavy atom. The fraction of sp³-hybridized carbons (Fsp3) is 0.125. The maximum absolute atomic E-state index is 11.5. The molecule has 2 aromatic heterocycles. The van der Waals surface area contributed by atoms with Crippen LogP contribution in [0.3, 0.4) is 0 Å². The molecule has 0 fully saturated rings. The van der Waals surface area contributed by atoms with Gasteiger partial charge in [-0.2, -0.15) is 0 Å². The van der Waals surface area contributed by atoms with Gasteiger partial charge in [-0.3, -0.25) is 4.79 Å². The molecule has 3 heterocycles. The van der Waals surface area contributed by atoms with E-state index in [0.717, 1.165) is 28.2 Å². The molecule has 4 rings (SSSR count). The van der Waals surface area contributed by atoms with Crippen LogP contribution in [0.2, 0.25) is 5.02 Å². The van der Waals surface area contributed by atoms with Gasteiger partial charge >= 0.3 is 0 Å². The van der Waals surface area contributed by atoms with Crippen LogP contribution in [-0.2, 0) is 11.2 Å². The number of halogens is 1. The zero-order valence-corrected chi connectivity index (χ0v) is 11.9. The molecule has 1 amide bonds. The first-order valence-electron chi connectivity index (χ1n) is 6.77. The van der Waals surface area contributed by atoms with Crippen LogP contribution in [0.15, 0.2) is 42.7 Å². The molecule has 0 saturated heterocycles. The SMILES string of the molecule is O=C1CCc2cc(-c3cn4ccccc4n3)cc(Cl)c2N1. The second-order valence-electron chi connectivity index (χ2n) is 5.13. The van der Waals surface area contributed by atoms with Gasteiger partial charge in [0.05, 0.1) is 16.4 Å². The van der Waals surface area contributed by atoms with Gasteiger partial charge < -0.3 is 9.72 Å². The van der Waals surface area contributed by atoms with Gasteiger partial charge in [-0.25, -0.2) is 4.98 Å². The van der Waals surface area contributed by atoms with Crippen LogP contribution in [-0.4, -0.2) is 15.3 Å². The molecule has 1 aromatic carbocycles. The zero-order chi connectivity index (χ0) is 14.4. The van der Waals surface area contributed by atoms with Crippen molar-refractivity contribution < 1.29 is 4.79 Å². The van der Waals surface area contributed by atoms with Crippen molar-refractivity contribution in [3.05, 3.63) is 53.3 Å². The van der Waals surface area contributed by atoms with Crippen LogP contribution >= 0.6 is 11.6 Å². The Morgan fingerprint density at radius 1 is 1.24 bits per heavy atom. The number of amides is 1. The van der Waals surface area contributed by atoms with Gasteiger partial charge in [0.15, 0.2) is 0 Å². The summed E-state index contributed by atoms with van der Waals surface area (Å²) < 4.78 is 1.98. The molecule has 0 radical (unpaired) electrons. The highest BCUT2D eigenvalue weighted by molar-refractivity contribution is 6.34. The number of benzene rings is 1. The third kappa shape index (κ3) is 2.08. The van der Waals surface area contributed by atoms with Crippen molar-refractivity contribution in [1.82, 2.24) is 9.38 Å². The number of nitrogens with one attached hydrogen (secondary N) is 1. The number of fused-ring (bicyclic) bond motifs is 2. The largest absolute Gasteiger partial charge is 0.325 e. The molecule has 5 heteroatoms. The first kappa shape index (κ1) is 12.4. The minimum Gasteiger partial charge on any atom is -0.325 e. The Hall–Kier alpha value is -2.33. The van der Waals surface area contributed by atoms with Gasteiger partial charge in [0.2, 0.25) is 5.91 Å². The summed E-state index contributed by atoms with van der Waals surface area (Å²) in [5.74, 6) is 0.0184. The molecule has 1 N–H and O–H groups in total. The van der Waals surface area contributed by atoms with Crippen LogP contribution in [0.4, 0.5) is 5.69 Å². The monoisotopic (exact) mass is 297 g/mol. The number of carbonyl (C=O) groups is 1. The third-order valence-electron chi connectivity index (χ3n) is 3.72. The summed E-state index contributed by atoms with van der Waals surface area (Å²) in [6, 6.07) is 9.80. The summed E-state index contributed by atoms with van der Waals surface area (Å²) >= 11 is 6.31. The third-order valence-corrected chi connectivity index (χ3v) is 4.02. The minimum absolute atomic E-state index is 0.0184. The minimum atomic E-state index is 0.0184. The molecular weight excluding hydrogens is 286 g/mol. The van der Waals surface area contributed by atoms with E-state index < -0.39 is 0 Å². The molecule has 0 bridgehead atoms. The van der Waals surface area contributed by atoms with Gasteiger partial charge in [-0.15, -0.1) is 0 Å². The molecule has 1 aliphatic heterocycles. The standard InChI is InChI=1S/C16H12ClN3O/c17-12-8-11(7-10-4-5-15(21)19-16(10)12)13-9-20-6-2-1-3-14(20)18-13/h1-3,6-9H,4-5H2,(H,19,21). The lowest BCUT2D eigenvalue weighted by atomic mass is 9.99. The zero-order valence-electron chi connectivity index (χ0n) is 11.1. The maximum atomic E-state index is 11.5. The Morgan fingerprint density at radius 2 is 2.14 bits per heavy atom. The fourth-order valence-corrected chi connectivity index (χ4v) is 2.96. The Balaban J connectivity index is 1.85. The molecule has 1 aliphatic rings. The number of rotatable bonds is 1. The maximum Gasteiger partial charge on any atom is 0.224 e. The summed E-state index contributed by atoms with van der Waals surface area (Å²) in [5, 5.41) is 3.40. The molecular formula is C16H12ClN3O.